The van der Waals surface area contributed by atoms with Gasteiger partial charge in [0.05, 0.1) is 16.7 Å². The average molecular weight is 877 g/mol. The van der Waals surface area contributed by atoms with Gasteiger partial charge in [0.2, 0.25) is 0 Å². The third-order valence-electron chi connectivity index (χ3n) is 12.8. The van der Waals surface area contributed by atoms with E-state index >= 15 is 0 Å². The first kappa shape index (κ1) is 38.0. The molecule has 0 atom stereocenters. The van der Waals surface area contributed by atoms with Crippen molar-refractivity contribution >= 4 is 53.3 Å². The van der Waals surface area contributed by atoms with Gasteiger partial charge in [0.1, 0.15) is 17.3 Å². The molecule has 4 nitrogen and oxygen atoms in total. The third kappa shape index (κ3) is 7.43. The molecule has 66 heavy (non-hydrogen) atoms. The van der Waals surface area contributed by atoms with Gasteiger partial charge in [-0.2, -0.15) is 0 Å². The van der Waals surface area contributed by atoms with E-state index < -0.39 is 6.85 Å². The van der Waals surface area contributed by atoms with Crippen molar-refractivity contribution in [2.45, 2.75) is 59.2 Å². The maximum atomic E-state index is 8.48. The Morgan fingerprint density at radius 1 is 0.485 bits per heavy atom. The maximum Gasteiger partial charge on any atom is 0.137 e. The highest BCUT2D eigenvalue weighted by Gasteiger charge is 2.21. The van der Waals surface area contributed by atoms with Crippen molar-refractivity contribution in [3.8, 4) is 62.0 Å². The Morgan fingerprint density at radius 2 is 1.20 bits per heavy atom. The second-order valence-corrected chi connectivity index (χ2v) is 20.3. The summed E-state index contributed by atoms with van der Waals surface area (Å²) in [5.41, 5.74) is 12.3. The van der Waals surface area contributed by atoms with Crippen LogP contribution in [0, 0.1) is 6.85 Å². The van der Waals surface area contributed by atoms with E-state index in [1.165, 1.54) is 22.9 Å². The van der Waals surface area contributed by atoms with Gasteiger partial charge in [-0.25, -0.2) is 4.98 Å². The molecule has 5 heteroatoms. The molecule has 0 spiro atoms. The highest BCUT2D eigenvalue weighted by molar-refractivity contribution is 7.26. The molecular formula is C61H51N3OS. The Kier molecular flexibility index (Phi) is 9.19. The number of thiophene rings is 1. The number of pyridine rings is 2. The van der Waals surface area contributed by atoms with Crippen LogP contribution in [0.25, 0.3) is 92.4 Å². The predicted molar refractivity (Wildman–Crippen MR) is 280 cm³/mol. The van der Waals surface area contributed by atoms with E-state index in [0.717, 1.165) is 75.6 Å². The van der Waals surface area contributed by atoms with E-state index in [-0.39, 0.29) is 16.4 Å². The summed E-state index contributed by atoms with van der Waals surface area (Å²) < 4.78 is 36.8. The lowest BCUT2D eigenvalue weighted by atomic mass is 9.86. The van der Waals surface area contributed by atoms with Gasteiger partial charge < -0.3 is 4.74 Å². The van der Waals surface area contributed by atoms with Gasteiger partial charge in [-0.05, 0) is 122 Å². The molecule has 322 valence electrons. The van der Waals surface area contributed by atoms with Gasteiger partial charge in [0.25, 0.3) is 0 Å². The lowest BCUT2D eigenvalue weighted by molar-refractivity contribution is 0.484. The quantitative estimate of drug-likeness (QED) is 0.160. The van der Waals surface area contributed by atoms with E-state index in [4.69, 9.17) is 18.8 Å². The van der Waals surface area contributed by atoms with E-state index in [0.29, 0.717) is 22.8 Å². The van der Waals surface area contributed by atoms with Gasteiger partial charge in [0.15, 0.2) is 0 Å². The van der Waals surface area contributed by atoms with Crippen LogP contribution in [0.4, 0.5) is 0 Å². The molecule has 4 heterocycles. The SMILES string of the molecule is [2H]C([2H])([2H])c1cnc(-c2cc(Oc3ccc4c5ccccc5n(-c5cc(C(C)(C)C)ccn5)c4c3)cc3c2sc2c(-c4cccc(-c5ccc(C(C)(C)C)cc5)c4)cccc23)cc1-c1ccccc1. The summed E-state index contributed by atoms with van der Waals surface area (Å²) in [5, 5.41) is 4.36. The van der Waals surface area contributed by atoms with Gasteiger partial charge in [-0.3, -0.25) is 9.55 Å². The van der Waals surface area contributed by atoms with E-state index in [2.05, 4.69) is 174 Å². The van der Waals surface area contributed by atoms with Crippen molar-refractivity contribution in [3.05, 3.63) is 199 Å². The van der Waals surface area contributed by atoms with E-state index in [9.17, 15) is 0 Å². The van der Waals surface area contributed by atoms with Gasteiger partial charge in [-0.1, -0.05) is 151 Å². The first-order valence-electron chi connectivity index (χ1n) is 24.0. The number of ether oxygens (including phenoxy) is 1. The Morgan fingerprint density at radius 3 is 2.00 bits per heavy atom. The number of fused-ring (bicyclic) bond motifs is 6. The zero-order valence-electron chi connectivity index (χ0n) is 41.0. The summed E-state index contributed by atoms with van der Waals surface area (Å²) in [5.74, 6) is 2.16. The molecule has 11 aromatic rings. The summed E-state index contributed by atoms with van der Waals surface area (Å²) >= 11 is 1.73. The zero-order chi connectivity index (χ0) is 47.8. The first-order chi connectivity index (χ1) is 33.1. The molecule has 0 saturated carbocycles. The Balaban J connectivity index is 1.09. The Hall–Kier alpha value is -7.34. The molecule has 0 amide bonds. The van der Waals surface area contributed by atoms with Crippen molar-refractivity contribution in [3.63, 3.8) is 0 Å². The smallest absolute Gasteiger partial charge is 0.137 e. The minimum absolute atomic E-state index is 0.0552. The van der Waals surface area contributed by atoms with E-state index in [1.54, 1.807) is 11.3 Å². The van der Waals surface area contributed by atoms with Crippen molar-refractivity contribution in [1.82, 2.24) is 14.5 Å². The molecule has 0 fully saturated rings. The highest BCUT2D eigenvalue weighted by Crippen LogP contribution is 2.47. The predicted octanol–water partition coefficient (Wildman–Crippen LogP) is 17.3. The van der Waals surface area contributed by atoms with Crippen molar-refractivity contribution < 1.29 is 8.85 Å². The minimum atomic E-state index is -2.36. The molecule has 4 aromatic heterocycles. The number of benzene rings is 7. The van der Waals surface area contributed by atoms with Gasteiger partial charge >= 0.3 is 0 Å². The summed E-state index contributed by atoms with van der Waals surface area (Å²) in [6, 6.07) is 59.1. The van der Waals surface area contributed by atoms with Crippen molar-refractivity contribution in [1.29, 1.82) is 0 Å². The second kappa shape index (κ2) is 16.0. The average Bonchev–Trinajstić information content (AvgIpc) is 3.89. The second-order valence-electron chi connectivity index (χ2n) is 19.3. The van der Waals surface area contributed by atoms with Crippen molar-refractivity contribution in [2.24, 2.45) is 0 Å². The molecule has 0 aliphatic carbocycles. The highest BCUT2D eigenvalue weighted by atomic mass is 32.1. The fraction of sp³-hybridized carbons (Fsp3) is 0.148. The molecular weight excluding hydrogens is 823 g/mol. The fourth-order valence-corrected chi connectivity index (χ4v) is 10.6. The van der Waals surface area contributed by atoms with Crippen LogP contribution >= 0.6 is 11.3 Å². The minimum Gasteiger partial charge on any atom is -0.457 e. The van der Waals surface area contributed by atoms with E-state index in [1.807, 2.05) is 48.7 Å². The molecule has 0 saturated heterocycles. The molecule has 0 N–H and O–H groups in total. The number of para-hydroxylation sites is 1. The number of nitrogens with zero attached hydrogens (tertiary/aromatic N) is 3. The molecule has 0 bridgehead atoms. The molecule has 11 rings (SSSR count). The Bertz CT molecular complexity index is 3760. The monoisotopic (exact) mass is 876 g/mol. The lowest BCUT2D eigenvalue weighted by Crippen LogP contribution is -2.12. The number of aromatic nitrogens is 3. The van der Waals surface area contributed by atoms with Crippen LogP contribution in [-0.4, -0.2) is 14.5 Å². The summed E-state index contributed by atoms with van der Waals surface area (Å²) in [6.45, 7) is 11.0. The largest absolute Gasteiger partial charge is 0.457 e. The molecule has 7 aromatic carbocycles. The van der Waals surface area contributed by atoms with Gasteiger partial charge in [-0.15, -0.1) is 11.3 Å². The topological polar surface area (TPSA) is 39.9 Å². The fourth-order valence-electron chi connectivity index (χ4n) is 9.24. The normalized spacial score (nSPS) is 13.0. The van der Waals surface area contributed by atoms with Gasteiger partial charge in [0, 0.05) is 59.1 Å². The number of hydrogen-bond acceptors (Lipinski definition) is 4. The van der Waals surface area contributed by atoms with Crippen LogP contribution in [0.5, 0.6) is 11.5 Å². The molecule has 0 unspecified atom stereocenters. The first-order valence-corrected chi connectivity index (χ1v) is 23.4. The van der Waals surface area contributed by atoms with Crippen LogP contribution in [-0.2, 0) is 10.8 Å². The summed E-state index contributed by atoms with van der Waals surface area (Å²) in [7, 11) is 0. The van der Waals surface area contributed by atoms with Crippen LogP contribution in [0.1, 0.15) is 62.3 Å². The molecule has 0 aliphatic heterocycles. The standard InChI is InChI=1S/C61H51N3OS/c1-38-37-63-54(36-51(38)40-15-9-8-10-16-40)53-34-46(65-45-27-28-49-48-19-11-12-22-55(48)64(56(49)35-45)57-32-44(29-30-62-57)61(5,6)7)33-52-50-21-14-20-47(58(50)66-59(52)53)42-18-13-17-41(31-42)39-23-25-43(26-24-39)60(2,3)4/h8-37H,1-7H3/i1D3. The number of rotatable bonds is 7. The van der Waals surface area contributed by atoms with Crippen LogP contribution in [0.3, 0.4) is 0 Å². The Labute approximate surface area is 395 Å². The molecule has 0 aliphatic rings. The number of hydrogen-bond donors (Lipinski definition) is 0. The molecule has 0 radical (unpaired) electrons. The third-order valence-corrected chi connectivity index (χ3v) is 14.1. The maximum absolute atomic E-state index is 8.48. The summed E-state index contributed by atoms with van der Waals surface area (Å²) in [6.07, 6.45) is 3.42. The van der Waals surface area contributed by atoms with Crippen LogP contribution in [0.15, 0.2) is 182 Å². The van der Waals surface area contributed by atoms with Crippen molar-refractivity contribution in [2.75, 3.05) is 0 Å². The lowest BCUT2D eigenvalue weighted by Gasteiger charge is -2.20. The zero-order valence-corrected chi connectivity index (χ0v) is 38.8. The van der Waals surface area contributed by atoms with Crippen LogP contribution < -0.4 is 4.74 Å². The van der Waals surface area contributed by atoms with Crippen LogP contribution in [0.2, 0.25) is 0 Å². The number of aryl methyl sites for hydroxylation is 1. The summed E-state index contributed by atoms with van der Waals surface area (Å²) in [4.78, 5) is 9.84.